The fourth-order valence-corrected chi connectivity index (χ4v) is 4.73. The standard InChI is InChI=1S/C25H20Br2N2O4/c1-14-4-5-16(25-29-21-13-18(31-2)7-8-22(21)33-25)11-20(14)28-23(30)9-6-15-10-17(26)12-19(27)24(15)32-3/h4-13H,1-3H3,(H,28,30). The number of hydrogen-bond acceptors (Lipinski definition) is 5. The van der Waals surface area contributed by atoms with E-state index in [0.29, 0.717) is 34.2 Å². The Hall–Kier alpha value is -3.10. The first-order valence-corrected chi connectivity index (χ1v) is 11.5. The summed E-state index contributed by atoms with van der Waals surface area (Å²) in [6.07, 6.45) is 3.17. The second-order valence-corrected chi connectivity index (χ2v) is 8.99. The van der Waals surface area contributed by atoms with Gasteiger partial charge in [-0.1, -0.05) is 22.0 Å². The molecule has 0 saturated carbocycles. The van der Waals surface area contributed by atoms with Gasteiger partial charge in [0.25, 0.3) is 0 Å². The van der Waals surface area contributed by atoms with E-state index >= 15 is 0 Å². The number of carbonyl (C=O) groups is 1. The van der Waals surface area contributed by atoms with Crippen LogP contribution in [0.15, 0.2) is 68.0 Å². The molecule has 0 radical (unpaired) electrons. The minimum Gasteiger partial charge on any atom is -0.497 e. The molecule has 3 aromatic carbocycles. The molecule has 6 nitrogen and oxygen atoms in total. The van der Waals surface area contributed by atoms with E-state index in [1.807, 2.05) is 55.5 Å². The lowest BCUT2D eigenvalue weighted by molar-refractivity contribution is -0.111. The summed E-state index contributed by atoms with van der Waals surface area (Å²) < 4.78 is 18.2. The summed E-state index contributed by atoms with van der Waals surface area (Å²) in [5, 5.41) is 2.93. The van der Waals surface area contributed by atoms with Crippen LogP contribution >= 0.6 is 31.9 Å². The summed E-state index contributed by atoms with van der Waals surface area (Å²) in [7, 11) is 3.19. The average molecular weight is 572 g/mol. The van der Waals surface area contributed by atoms with Crippen molar-refractivity contribution >= 4 is 60.6 Å². The largest absolute Gasteiger partial charge is 0.497 e. The van der Waals surface area contributed by atoms with Crippen molar-refractivity contribution in [1.82, 2.24) is 4.98 Å². The van der Waals surface area contributed by atoms with E-state index in [1.165, 1.54) is 6.08 Å². The van der Waals surface area contributed by atoms with Crippen LogP contribution in [0.2, 0.25) is 0 Å². The highest BCUT2D eigenvalue weighted by atomic mass is 79.9. The molecule has 0 aliphatic carbocycles. The van der Waals surface area contributed by atoms with E-state index in [1.54, 1.807) is 20.3 Å². The van der Waals surface area contributed by atoms with Crippen LogP contribution in [0.4, 0.5) is 5.69 Å². The maximum Gasteiger partial charge on any atom is 0.248 e. The molecule has 0 bridgehead atoms. The second-order valence-electron chi connectivity index (χ2n) is 7.22. The van der Waals surface area contributed by atoms with Crippen LogP contribution in [0.3, 0.4) is 0 Å². The zero-order chi connectivity index (χ0) is 23.5. The number of ether oxygens (including phenoxy) is 2. The third kappa shape index (κ3) is 5.12. The number of amides is 1. The highest BCUT2D eigenvalue weighted by molar-refractivity contribution is 9.11. The quantitative estimate of drug-likeness (QED) is 0.252. The van der Waals surface area contributed by atoms with Crippen molar-refractivity contribution in [1.29, 1.82) is 0 Å². The summed E-state index contributed by atoms with van der Waals surface area (Å²) in [5.74, 6) is 1.55. The van der Waals surface area contributed by atoms with Crippen LogP contribution in [0, 0.1) is 6.92 Å². The van der Waals surface area contributed by atoms with Crippen molar-refractivity contribution in [2.24, 2.45) is 0 Å². The number of anilines is 1. The van der Waals surface area contributed by atoms with Gasteiger partial charge in [-0.3, -0.25) is 4.79 Å². The van der Waals surface area contributed by atoms with Crippen molar-refractivity contribution in [3.05, 3.63) is 74.7 Å². The number of aryl methyl sites for hydroxylation is 1. The van der Waals surface area contributed by atoms with Crippen LogP contribution in [0.25, 0.3) is 28.6 Å². The normalized spacial score (nSPS) is 11.2. The van der Waals surface area contributed by atoms with E-state index in [0.717, 1.165) is 25.6 Å². The molecule has 0 atom stereocenters. The van der Waals surface area contributed by atoms with Gasteiger partial charge in [0.05, 0.1) is 18.7 Å². The minimum absolute atomic E-state index is 0.268. The van der Waals surface area contributed by atoms with Gasteiger partial charge in [0.2, 0.25) is 11.8 Å². The van der Waals surface area contributed by atoms with Crippen LogP contribution in [-0.4, -0.2) is 25.1 Å². The Bertz CT molecular complexity index is 1380. The predicted octanol–water partition coefficient (Wildman–Crippen LogP) is 7.00. The number of hydrogen-bond donors (Lipinski definition) is 1. The Kier molecular flexibility index (Phi) is 6.85. The molecule has 0 aliphatic heterocycles. The molecule has 0 fully saturated rings. The third-order valence-electron chi connectivity index (χ3n) is 4.99. The second kappa shape index (κ2) is 9.80. The monoisotopic (exact) mass is 570 g/mol. The van der Waals surface area contributed by atoms with Gasteiger partial charge in [-0.25, -0.2) is 4.98 Å². The Labute approximate surface area is 207 Å². The Morgan fingerprint density at radius 2 is 1.88 bits per heavy atom. The van der Waals surface area contributed by atoms with E-state index in [-0.39, 0.29) is 5.91 Å². The molecule has 0 spiro atoms. The fourth-order valence-electron chi connectivity index (χ4n) is 3.31. The Balaban J connectivity index is 1.58. The van der Waals surface area contributed by atoms with Gasteiger partial charge < -0.3 is 19.2 Å². The molecule has 1 N–H and O–H groups in total. The number of methoxy groups -OCH3 is 2. The molecule has 33 heavy (non-hydrogen) atoms. The maximum atomic E-state index is 12.7. The smallest absolute Gasteiger partial charge is 0.248 e. The van der Waals surface area contributed by atoms with E-state index < -0.39 is 0 Å². The lowest BCUT2D eigenvalue weighted by atomic mass is 10.1. The number of benzene rings is 3. The van der Waals surface area contributed by atoms with E-state index in [4.69, 9.17) is 13.9 Å². The number of rotatable bonds is 6. The summed E-state index contributed by atoms with van der Waals surface area (Å²) in [6.45, 7) is 1.93. The summed E-state index contributed by atoms with van der Waals surface area (Å²) in [6, 6.07) is 14.9. The minimum atomic E-state index is -0.268. The Morgan fingerprint density at radius 1 is 1.06 bits per heavy atom. The zero-order valence-corrected chi connectivity index (χ0v) is 21.3. The SMILES string of the molecule is COc1ccc2oc(-c3ccc(C)c(NC(=O)C=Cc4cc(Br)cc(Br)c4OC)c3)nc2c1. The third-order valence-corrected chi connectivity index (χ3v) is 6.04. The first-order valence-electron chi connectivity index (χ1n) is 9.95. The summed E-state index contributed by atoms with van der Waals surface area (Å²) >= 11 is 6.92. The molecule has 4 rings (SSSR count). The van der Waals surface area contributed by atoms with Gasteiger partial charge in [-0.15, -0.1) is 0 Å². The van der Waals surface area contributed by atoms with Gasteiger partial charge in [0, 0.05) is 33.4 Å². The zero-order valence-electron chi connectivity index (χ0n) is 18.1. The first-order chi connectivity index (χ1) is 15.9. The molecule has 168 valence electrons. The van der Waals surface area contributed by atoms with Crippen molar-refractivity contribution in [2.75, 3.05) is 19.5 Å². The fraction of sp³-hybridized carbons (Fsp3) is 0.120. The van der Waals surface area contributed by atoms with Crippen LogP contribution in [-0.2, 0) is 4.79 Å². The number of carbonyl (C=O) groups excluding carboxylic acids is 1. The molecule has 4 aromatic rings. The van der Waals surface area contributed by atoms with Crippen LogP contribution in [0.1, 0.15) is 11.1 Å². The van der Waals surface area contributed by atoms with Gasteiger partial charge in [-0.05, 0) is 70.9 Å². The molecular weight excluding hydrogens is 552 g/mol. The van der Waals surface area contributed by atoms with E-state index in [9.17, 15) is 4.79 Å². The molecule has 0 saturated heterocycles. The topological polar surface area (TPSA) is 73.6 Å². The molecule has 1 aromatic heterocycles. The predicted molar refractivity (Wildman–Crippen MR) is 137 cm³/mol. The molecule has 0 aliphatic rings. The maximum absolute atomic E-state index is 12.7. The number of fused-ring (bicyclic) bond motifs is 1. The van der Waals surface area contributed by atoms with Crippen molar-refractivity contribution in [3.63, 3.8) is 0 Å². The van der Waals surface area contributed by atoms with Gasteiger partial charge in [0.15, 0.2) is 5.58 Å². The average Bonchev–Trinajstić information content (AvgIpc) is 3.22. The lowest BCUT2D eigenvalue weighted by Gasteiger charge is -2.09. The molecule has 0 unspecified atom stereocenters. The summed E-state index contributed by atoms with van der Waals surface area (Å²) in [4.78, 5) is 17.2. The molecule has 8 heteroatoms. The highest BCUT2D eigenvalue weighted by Gasteiger charge is 2.12. The Morgan fingerprint density at radius 3 is 2.64 bits per heavy atom. The molecular formula is C25H20Br2N2O4. The molecule has 1 heterocycles. The van der Waals surface area contributed by atoms with Crippen molar-refractivity contribution in [2.45, 2.75) is 6.92 Å². The van der Waals surface area contributed by atoms with Crippen molar-refractivity contribution in [3.8, 4) is 23.0 Å². The van der Waals surface area contributed by atoms with Crippen molar-refractivity contribution < 1.29 is 18.7 Å². The lowest BCUT2D eigenvalue weighted by Crippen LogP contribution is -2.09. The van der Waals surface area contributed by atoms with Crippen LogP contribution in [0.5, 0.6) is 11.5 Å². The van der Waals surface area contributed by atoms with Gasteiger partial charge in [0.1, 0.15) is 17.0 Å². The van der Waals surface area contributed by atoms with Gasteiger partial charge in [-0.2, -0.15) is 0 Å². The summed E-state index contributed by atoms with van der Waals surface area (Å²) in [5.41, 5.74) is 4.47. The number of halogens is 2. The van der Waals surface area contributed by atoms with Crippen LogP contribution < -0.4 is 14.8 Å². The van der Waals surface area contributed by atoms with E-state index in [2.05, 4.69) is 42.2 Å². The first kappa shape index (κ1) is 23.1. The number of nitrogens with zero attached hydrogens (tertiary/aromatic N) is 1. The number of aromatic nitrogens is 1. The highest BCUT2D eigenvalue weighted by Crippen LogP contribution is 2.34. The van der Waals surface area contributed by atoms with Gasteiger partial charge >= 0.3 is 0 Å². The number of nitrogens with one attached hydrogen (secondary N) is 1. The molecule has 1 amide bonds. The number of oxazole rings is 1.